The molecule has 192 valence electrons. The maximum Gasteiger partial charge on any atom is 0.416 e. The van der Waals surface area contributed by atoms with Gasteiger partial charge in [0.2, 0.25) is 5.76 Å². The van der Waals surface area contributed by atoms with E-state index >= 15 is 0 Å². The molecule has 3 aromatic rings. The van der Waals surface area contributed by atoms with E-state index in [1.54, 1.807) is 6.07 Å². The number of aromatic nitrogens is 1. The number of nitrogens with one attached hydrogen (secondary N) is 2. The summed E-state index contributed by atoms with van der Waals surface area (Å²) < 4.78 is 44.5. The number of rotatable bonds is 9. The van der Waals surface area contributed by atoms with Crippen molar-refractivity contribution in [1.82, 2.24) is 4.98 Å². The lowest BCUT2D eigenvalue weighted by molar-refractivity contribution is -0.137. The summed E-state index contributed by atoms with van der Waals surface area (Å²) >= 11 is 0. The second-order valence-corrected chi connectivity index (χ2v) is 8.13. The highest BCUT2D eigenvalue weighted by Crippen LogP contribution is 2.32. The Labute approximate surface area is 209 Å². The molecule has 2 N–H and O–H groups in total. The minimum Gasteiger partial charge on any atom is -0.443 e. The molecule has 0 radical (unpaired) electrons. The molecule has 0 bridgehead atoms. The Hall–Kier alpha value is -3.80. The number of halogens is 3. The van der Waals surface area contributed by atoms with Crippen molar-refractivity contribution >= 4 is 28.4 Å². The fourth-order valence-corrected chi connectivity index (χ4v) is 3.63. The van der Waals surface area contributed by atoms with Gasteiger partial charge in [-0.1, -0.05) is 46.3 Å². The number of hydrogen-bond acceptors (Lipinski definition) is 5. The van der Waals surface area contributed by atoms with Gasteiger partial charge in [-0.3, -0.25) is 4.79 Å². The Morgan fingerprint density at radius 1 is 1.31 bits per heavy atom. The van der Waals surface area contributed by atoms with Crippen molar-refractivity contribution in [3.63, 3.8) is 0 Å². The van der Waals surface area contributed by atoms with Gasteiger partial charge in [0.05, 0.1) is 11.8 Å². The third kappa shape index (κ3) is 7.11. The topological polar surface area (TPSA) is 91.0 Å². The second kappa shape index (κ2) is 12.8. The molecule has 6 nitrogen and oxygen atoms in total. The first kappa shape index (κ1) is 28.4. The highest BCUT2D eigenvalue weighted by molar-refractivity contribution is 6.14. The summed E-state index contributed by atoms with van der Waals surface area (Å²) in [7, 11) is 0. The number of alkyl halides is 3. The number of carbonyl (C=O) groups excluding carboxylic acids is 1. The van der Waals surface area contributed by atoms with Crippen molar-refractivity contribution in [3.8, 4) is 6.07 Å². The molecule has 2 heterocycles. The summed E-state index contributed by atoms with van der Waals surface area (Å²) in [6, 6.07) is 7.78. The number of furan rings is 1. The number of carbonyl (C=O) groups is 1. The molecule has 1 aromatic carbocycles. The third-order valence-electron chi connectivity index (χ3n) is 5.54. The van der Waals surface area contributed by atoms with E-state index < -0.39 is 17.6 Å². The molecular formula is C27H31F3N4O2. The van der Waals surface area contributed by atoms with Gasteiger partial charge >= 0.3 is 6.18 Å². The van der Waals surface area contributed by atoms with Crippen molar-refractivity contribution < 1.29 is 22.4 Å². The minimum atomic E-state index is -4.55. The zero-order valence-electron chi connectivity index (χ0n) is 20.9. The van der Waals surface area contributed by atoms with Gasteiger partial charge < -0.3 is 15.1 Å². The predicted molar refractivity (Wildman–Crippen MR) is 136 cm³/mol. The molecule has 3 rings (SSSR count). The second-order valence-electron chi connectivity index (χ2n) is 8.13. The van der Waals surface area contributed by atoms with Gasteiger partial charge in [-0.25, -0.2) is 4.98 Å². The molecule has 1 amide bonds. The normalized spacial score (nSPS) is 12.6. The lowest BCUT2D eigenvalue weighted by Crippen LogP contribution is -2.22. The van der Waals surface area contributed by atoms with E-state index in [9.17, 15) is 23.2 Å². The van der Waals surface area contributed by atoms with Crippen LogP contribution in [0.25, 0.3) is 11.0 Å². The molecule has 2 atom stereocenters. The van der Waals surface area contributed by atoms with Crippen LogP contribution in [-0.4, -0.2) is 16.9 Å². The lowest BCUT2D eigenvalue weighted by atomic mass is 9.97. The molecule has 0 spiro atoms. The Morgan fingerprint density at radius 2 is 2.03 bits per heavy atom. The molecule has 0 saturated carbocycles. The van der Waals surface area contributed by atoms with Gasteiger partial charge in [0.25, 0.3) is 5.91 Å². The standard InChI is InChI=1S/C25H25F3N4O2.C2H6/c1-4-7-17(10-15(3)5-2)31-22-12-19-21(14-30-22)34-20(13-29)23(19)24(33)32-18-9-6-8-16(11-18)25(26,27)28;1-2/h4,6,8-9,11-12,14-15,17H,1,5,7,10H2,2-3H3,(H,30,31)(H,32,33);1-2H3. The summed E-state index contributed by atoms with van der Waals surface area (Å²) in [5.41, 5.74) is -0.792. The van der Waals surface area contributed by atoms with Crippen LogP contribution in [0, 0.1) is 17.2 Å². The largest absolute Gasteiger partial charge is 0.443 e. The maximum absolute atomic E-state index is 13.0. The van der Waals surface area contributed by atoms with E-state index in [2.05, 4.69) is 36.0 Å². The highest BCUT2D eigenvalue weighted by Gasteiger charge is 2.31. The zero-order chi connectivity index (χ0) is 26.9. The van der Waals surface area contributed by atoms with E-state index in [-0.39, 0.29) is 28.6 Å². The summed E-state index contributed by atoms with van der Waals surface area (Å²) in [6.07, 6.45) is 1.30. The van der Waals surface area contributed by atoms with E-state index in [4.69, 9.17) is 4.42 Å². The van der Waals surface area contributed by atoms with Crippen molar-refractivity contribution in [3.05, 3.63) is 66.1 Å². The quantitative estimate of drug-likeness (QED) is 0.293. The third-order valence-corrected chi connectivity index (χ3v) is 5.54. The molecule has 2 aromatic heterocycles. The Balaban J connectivity index is 0.00000222. The molecule has 9 heteroatoms. The van der Waals surface area contributed by atoms with Crippen molar-refractivity contribution in [2.75, 3.05) is 10.6 Å². The predicted octanol–water partition coefficient (Wildman–Crippen LogP) is 7.79. The Morgan fingerprint density at radius 3 is 2.64 bits per heavy atom. The van der Waals surface area contributed by atoms with Crippen molar-refractivity contribution in [1.29, 1.82) is 5.26 Å². The maximum atomic E-state index is 13.0. The van der Waals surface area contributed by atoms with Crippen molar-refractivity contribution in [2.45, 2.75) is 59.2 Å². The van der Waals surface area contributed by atoms with Crippen LogP contribution in [0.5, 0.6) is 0 Å². The summed E-state index contributed by atoms with van der Waals surface area (Å²) in [6.45, 7) is 12.1. The lowest BCUT2D eigenvalue weighted by Gasteiger charge is -2.21. The molecule has 0 saturated heterocycles. The van der Waals surface area contributed by atoms with E-state index in [0.29, 0.717) is 23.5 Å². The van der Waals surface area contributed by atoms with E-state index in [0.717, 1.165) is 25.0 Å². The fourth-order valence-electron chi connectivity index (χ4n) is 3.63. The van der Waals surface area contributed by atoms with Crippen molar-refractivity contribution in [2.24, 2.45) is 5.92 Å². The van der Waals surface area contributed by atoms with Gasteiger partial charge in [0.15, 0.2) is 5.58 Å². The average Bonchev–Trinajstić information content (AvgIpc) is 3.23. The van der Waals surface area contributed by atoms with Gasteiger partial charge in [-0.2, -0.15) is 18.4 Å². The van der Waals surface area contributed by atoms with Crippen LogP contribution < -0.4 is 10.6 Å². The van der Waals surface area contributed by atoms with Crippen LogP contribution in [0.15, 0.2) is 53.6 Å². The van der Waals surface area contributed by atoms with Crippen LogP contribution in [0.3, 0.4) is 0 Å². The summed E-state index contributed by atoms with van der Waals surface area (Å²) in [5, 5.41) is 15.6. The highest BCUT2D eigenvalue weighted by atomic mass is 19.4. The summed E-state index contributed by atoms with van der Waals surface area (Å²) in [4.78, 5) is 17.3. The monoisotopic (exact) mass is 500 g/mol. The number of amides is 1. The van der Waals surface area contributed by atoms with E-state index in [1.807, 2.05) is 26.0 Å². The smallest absolute Gasteiger partial charge is 0.416 e. The van der Waals surface area contributed by atoms with Gasteiger partial charge in [0, 0.05) is 17.1 Å². The molecule has 36 heavy (non-hydrogen) atoms. The first-order valence-corrected chi connectivity index (χ1v) is 11.8. The van der Waals surface area contributed by atoms with Crippen LogP contribution in [-0.2, 0) is 6.18 Å². The first-order valence-electron chi connectivity index (χ1n) is 11.8. The number of anilines is 2. The molecule has 0 aliphatic carbocycles. The van der Waals surface area contributed by atoms with Gasteiger partial charge in [-0.05, 0) is 43.0 Å². The molecular weight excluding hydrogens is 469 g/mol. The van der Waals surface area contributed by atoms with E-state index in [1.165, 1.54) is 18.3 Å². The molecule has 2 unspecified atom stereocenters. The van der Waals surface area contributed by atoms with Crippen LogP contribution in [0.1, 0.15) is 68.6 Å². The number of pyridine rings is 1. The Bertz CT molecular complexity index is 1230. The molecule has 0 fully saturated rings. The van der Waals surface area contributed by atoms with Gasteiger partial charge in [-0.15, -0.1) is 6.58 Å². The van der Waals surface area contributed by atoms with Gasteiger partial charge in [0.1, 0.15) is 17.5 Å². The number of nitriles is 1. The SMILES string of the molecule is C=CCC(CC(C)CC)Nc1cc2c(C(=O)Nc3cccc(C(F)(F)F)c3)c(C#N)oc2cn1.CC. The number of nitrogens with zero attached hydrogens (tertiary/aromatic N) is 2. The zero-order valence-corrected chi connectivity index (χ0v) is 20.9. The number of hydrogen-bond donors (Lipinski definition) is 2. The average molecular weight is 501 g/mol. The molecule has 0 aliphatic rings. The summed E-state index contributed by atoms with van der Waals surface area (Å²) in [5.74, 6) is -0.0372. The minimum absolute atomic E-state index is 0.0509. The Kier molecular flexibility index (Phi) is 10.1. The fraction of sp³-hybridized carbons (Fsp3) is 0.370. The van der Waals surface area contributed by atoms with Crippen LogP contribution in [0.4, 0.5) is 24.7 Å². The van der Waals surface area contributed by atoms with Crippen LogP contribution in [0.2, 0.25) is 0 Å². The van der Waals surface area contributed by atoms with Crippen LogP contribution >= 0.6 is 0 Å². The molecule has 0 aliphatic heterocycles. The first-order chi connectivity index (χ1) is 17.2. The number of benzene rings is 1. The number of fused-ring (bicyclic) bond motifs is 1.